The SMILES string of the molecule is CCOc1cccc(-c2cc(N(C)C)c3c(c2O)C(=O)C2C(=O)[C@]4(O)C(=O)C(C(N)=O)C(=O)[C@@H](N(C)C)[C@@H]4C[C@@H]2C3)c1. The standard InChI is InChI=1S/C31H35N3O8/c1-6-42-16-9-7-8-14(10-16)17-13-20(33(2)3)18-11-15-12-19-24(34(4)5)27(37)23(30(32)40)29(39)31(19,41)28(38)21(15)26(36)22(18)25(17)35/h7-10,13,15,19,21,23-24,35,41H,6,11-12H2,1-5H3,(H2,32,40)/t15-,19-,21?,23?,24-,31-/m0/s1. The predicted octanol–water partition coefficient (Wildman–Crippen LogP) is 0.999. The number of fused-ring (bicyclic) bond motifs is 3. The molecule has 2 aromatic carbocycles. The van der Waals surface area contributed by atoms with Gasteiger partial charge in [-0.2, -0.15) is 0 Å². The van der Waals surface area contributed by atoms with Gasteiger partial charge < -0.3 is 25.6 Å². The van der Waals surface area contributed by atoms with Gasteiger partial charge >= 0.3 is 0 Å². The second-order valence-electron chi connectivity index (χ2n) is 11.8. The molecule has 1 amide bonds. The van der Waals surface area contributed by atoms with Crippen LogP contribution in [0.25, 0.3) is 11.1 Å². The van der Waals surface area contributed by atoms with Gasteiger partial charge in [0.25, 0.3) is 0 Å². The van der Waals surface area contributed by atoms with Crippen molar-refractivity contribution in [1.29, 1.82) is 0 Å². The van der Waals surface area contributed by atoms with E-state index in [0.29, 0.717) is 34.7 Å². The van der Waals surface area contributed by atoms with Gasteiger partial charge in [0, 0.05) is 31.3 Å². The fourth-order valence-corrected chi connectivity index (χ4v) is 7.19. The van der Waals surface area contributed by atoms with Crippen LogP contribution in [-0.4, -0.2) is 90.6 Å². The maximum atomic E-state index is 14.2. The number of amides is 1. The molecule has 2 unspecified atom stereocenters. The van der Waals surface area contributed by atoms with Crippen LogP contribution in [0.3, 0.4) is 0 Å². The maximum absolute atomic E-state index is 14.2. The van der Waals surface area contributed by atoms with Crippen LogP contribution in [0.4, 0.5) is 5.69 Å². The lowest BCUT2D eigenvalue weighted by Crippen LogP contribution is -2.74. The first-order chi connectivity index (χ1) is 19.7. The van der Waals surface area contributed by atoms with Crippen LogP contribution in [0, 0.1) is 23.7 Å². The van der Waals surface area contributed by atoms with E-state index < -0.39 is 64.4 Å². The first-order valence-corrected chi connectivity index (χ1v) is 13.9. The summed E-state index contributed by atoms with van der Waals surface area (Å²) in [5.41, 5.74) is 4.72. The van der Waals surface area contributed by atoms with E-state index in [1.54, 1.807) is 58.5 Å². The molecule has 2 aromatic rings. The number of benzene rings is 2. The minimum Gasteiger partial charge on any atom is -0.507 e. The Morgan fingerprint density at radius 2 is 1.79 bits per heavy atom. The highest BCUT2D eigenvalue weighted by molar-refractivity contribution is 6.32. The predicted molar refractivity (Wildman–Crippen MR) is 152 cm³/mol. The summed E-state index contributed by atoms with van der Waals surface area (Å²) >= 11 is 0. The number of hydrogen-bond acceptors (Lipinski definition) is 10. The van der Waals surface area contributed by atoms with Gasteiger partial charge in [-0.05, 0) is 69.1 Å². The number of phenols is 1. The van der Waals surface area contributed by atoms with Crippen LogP contribution in [0.2, 0.25) is 0 Å². The summed E-state index contributed by atoms with van der Waals surface area (Å²) < 4.78 is 5.61. The first kappa shape index (κ1) is 29.4. The highest BCUT2D eigenvalue weighted by Gasteiger charge is 2.69. The molecule has 3 aliphatic carbocycles. The van der Waals surface area contributed by atoms with Crippen molar-refractivity contribution in [2.75, 3.05) is 39.7 Å². The highest BCUT2D eigenvalue weighted by Crippen LogP contribution is 2.53. The average molecular weight is 578 g/mol. The van der Waals surface area contributed by atoms with Gasteiger partial charge in [-0.1, -0.05) is 12.1 Å². The van der Waals surface area contributed by atoms with Crippen molar-refractivity contribution in [2.45, 2.75) is 31.4 Å². The molecule has 0 aromatic heterocycles. The van der Waals surface area contributed by atoms with E-state index in [0.717, 1.165) is 0 Å². The van der Waals surface area contributed by atoms with E-state index in [1.165, 1.54) is 4.90 Å². The molecule has 0 radical (unpaired) electrons. The number of likely N-dealkylation sites (N-methyl/N-ethyl adjacent to an activating group) is 1. The zero-order valence-electron chi connectivity index (χ0n) is 24.2. The third kappa shape index (κ3) is 4.13. The quantitative estimate of drug-likeness (QED) is 0.421. The zero-order chi connectivity index (χ0) is 30.8. The number of carbonyl (C=O) groups is 5. The van der Waals surface area contributed by atoms with Crippen LogP contribution in [0.5, 0.6) is 11.5 Å². The van der Waals surface area contributed by atoms with Crippen molar-refractivity contribution in [3.05, 3.63) is 41.5 Å². The number of anilines is 1. The third-order valence-corrected chi connectivity index (χ3v) is 8.98. The number of primary amides is 1. The van der Waals surface area contributed by atoms with Gasteiger partial charge in [0.05, 0.1) is 24.1 Å². The smallest absolute Gasteiger partial charge is 0.235 e. The molecule has 6 atom stereocenters. The van der Waals surface area contributed by atoms with Crippen molar-refractivity contribution in [3.63, 3.8) is 0 Å². The lowest BCUT2D eigenvalue weighted by molar-refractivity contribution is -0.181. The Balaban J connectivity index is 1.68. The van der Waals surface area contributed by atoms with Gasteiger partial charge in [-0.3, -0.25) is 28.9 Å². The van der Waals surface area contributed by atoms with Gasteiger partial charge in [0.2, 0.25) is 5.91 Å². The van der Waals surface area contributed by atoms with Crippen LogP contribution in [-0.2, 0) is 25.6 Å². The molecule has 42 heavy (non-hydrogen) atoms. The Morgan fingerprint density at radius 1 is 1.10 bits per heavy atom. The Hall–Kier alpha value is -4.09. The van der Waals surface area contributed by atoms with Gasteiger partial charge in [0.1, 0.15) is 11.5 Å². The first-order valence-electron chi connectivity index (χ1n) is 13.9. The van der Waals surface area contributed by atoms with Crippen molar-refractivity contribution < 1.29 is 38.9 Å². The maximum Gasteiger partial charge on any atom is 0.235 e. The summed E-state index contributed by atoms with van der Waals surface area (Å²) in [5, 5.41) is 23.3. The van der Waals surface area contributed by atoms with Crippen molar-refractivity contribution in [1.82, 2.24) is 4.90 Å². The Bertz CT molecular complexity index is 1530. The van der Waals surface area contributed by atoms with Crippen molar-refractivity contribution in [2.24, 2.45) is 29.4 Å². The Morgan fingerprint density at radius 3 is 2.38 bits per heavy atom. The van der Waals surface area contributed by atoms with Crippen molar-refractivity contribution in [3.8, 4) is 22.6 Å². The monoisotopic (exact) mass is 577 g/mol. The minimum absolute atomic E-state index is 0.00429. The molecule has 0 heterocycles. The van der Waals surface area contributed by atoms with E-state index in [-0.39, 0.29) is 24.2 Å². The van der Waals surface area contributed by atoms with E-state index in [1.807, 2.05) is 11.8 Å². The number of ketones is 4. The number of aliphatic hydroxyl groups is 1. The molecule has 0 bridgehead atoms. The summed E-state index contributed by atoms with van der Waals surface area (Å²) in [6.45, 7) is 2.28. The number of phenolic OH excluding ortho intramolecular Hbond substituents is 1. The largest absolute Gasteiger partial charge is 0.507 e. The summed E-state index contributed by atoms with van der Waals surface area (Å²) in [6.07, 6.45) is 0.182. The molecule has 3 aliphatic rings. The fourth-order valence-electron chi connectivity index (χ4n) is 7.19. The Labute approximate surface area is 243 Å². The van der Waals surface area contributed by atoms with Gasteiger partial charge in [0.15, 0.2) is 34.7 Å². The molecular weight excluding hydrogens is 542 g/mol. The second kappa shape index (κ2) is 10.3. The van der Waals surface area contributed by atoms with Crippen LogP contribution < -0.4 is 15.4 Å². The van der Waals surface area contributed by atoms with Crippen LogP contribution in [0.1, 0.15) is 29.3 Å². The minimum atomic E-state index is -2.76. The number of carbonyl (C=O) groups excluding carboxylic acids is 5. The van der Waals surface area contributed by atoms with E-state index >= 15 is 0 Å². The number of nitrogens with two attached hydrogens (primary N) is 1. The van der Waals surface area contributed by atoms with E-state index in [9.17, 15) is 34.2 Å². The molecule has 11 nitrogen and oxygen atoms in total. The molecule has 0 aliphatic heterocycles. The van der Waals surface area contributed by atoms with Crippen LogP contribution >= 0.6 is 0 Å². The molecular formula is C31H35N3O8. The molecule has 4 N–H and O–H groups in total. The molecule has 2 saturated carbocycles. The molecule has 0 spiro atoms. The molecule has 11 heteroatoms. The van der Waals surface area contributed by atoms with Gasteiger partial charge in [-0.15, -0.1) is 0 Å². The third-order valence-electron chi connectivity index (χ3n) is 8.98. The zero-order valence-corrected chi connectivity index (χ0v) is 24.2. The van der Waals surface area contributed by atoms with Crippen LogP contribution in [0.15, 0.2) is 30.3 Å². The normalized spacial score (nSPS) is 28.7. The second-order valence-corrected chi connectivity index (χ2v) is 11.8. The average Bonchev–Trinajstić information content (AvgIpc) is 2.90. The summed E-state index contributed by atoms with van der Waals surface area (Å²) in [5.74, 6) is -10.1. The molecule has 2 fully saturated rings. The highest BCUT2D eigenvalue weighted by atomic mass is 16.5. The topological polar surface area (TPSA) is 168 Å². The number of Topliss-reactive ketones (excluding diaryl/α,β-unsaturated/α-hetero) is 4. The summed E-state index contributed by atoms with van der Waals surface area (Å²) in [7, 11) is 6.72. The number of nitrogens with zero attached hydrogens (tertiary/aromatic N) is 2. The number of ether oxygens (including phenoxy) is 1. The van der Waals surface area contributed by atoms with Gasteiger partial charge in [-0.25, -0.2) is 0 Å². The van der Waals surface area contributed by atoms with E-state index in [2.05, 4.69) is 0 Å². The summed E-state index contributed by atoms with van der Waals surface area (Å²) in [4.78, 5) is 70.5. The lowest BCUT2D eigenvalue weighted by Gasteiger charge is -2.52. The Kier molecular flexibility index (Phi) is 7.23. The number of rotatable bonds is 6. The van der Waals surface area contributed by atoms with E-state index in [4.69, 9.17) is 10.5 Å². The lowest BCUT2D eigenvalue weighted by atomic mass is 9.52. The van der Waals surface area contributed by atoms with Crippen molar-refractivity contribution >= 4 is 34.7 Å². The fraction of sp³-hybridized carbons (Fsp3) is 0.452. The number of aromatic hydroxyl groups is 1. The summed E-state index contributed by atoms with van der Waals surface area (Å²) in [6, 6.07) is 7.67. The number of hydrogen-bond donors (Lipinski definition) is 3. The molecule has 222 valence electrons. The molecule has 5 rings (SSSR count). The molecule has 0 saturated heterocycles.